The number of halogens is 1. The number of rotatable bonds is 3. The van der Waals surface area contributed by atoms with Gasteiger partial charge in [0.25, 0.3) is 0 Å². The van der Waals surface area contributed by atoms with Crippen LogP contribution < -0.4 is 11.1 Å². The van der Waals surface area contributed by atoms with Gasteiger partial charge in [-0.15, -0.1) is 12.4 Å². The van der Waals surface area contributed by atoms with E-state index >= 15 is 0 Å². The second kappa shape index (κ2) is 5.79. The summed E-state index contributed by atoms with van der Waals surface area (Å²) in [6.45, 7) is 1.93. The first kappa shape index (κ1) is 15.4. The van der Waals surface area contributed by atoms with Crippen molar-refractivity contribution < 1.29 is 4.79 Å². The average molecular weight is 305 g/mol. The molecule has 1 aromatic carbocycles. The van der Waals surface area contributed by atoms with Crippen molar-refractivity contribution in [3.05, 3.63) is 42.2 Å². The van der Waals surface area contributed by atoms with Crippen molar-refractivity contribution in [2.75, 3.05) is 5.32 Å². The van der Waals surface area contributed by atoms with Crippen molar-refractivity contribution in [1.29, 1.82) is 0 Å². The molecule has 0 spiro atoms. The highest BCUT2D eigenvalue weighted by molar-refractivity contribution is 6.00. The number of amides is 1. The van der Waals surface area contributed by atoms with Gasteiger partial charge in [-0.05, 0) is 50.1 Å². The zero-order valence-corrected chi connectivity index (χ0v) is 12.5. The smallest absolute Gasteiger partial charge is 0.244 e. The number of carbonyl (C=O) groups is 1. The van der Waals surface area contributed by atoms with Crippen molar-refractivity contribution in [2.24, 2.45) is 5.73 Å². The van der Waals surface area contributed by atoms with Crippen LogP contribution in [0.25, 0.3) is 11.4 Å². The Labute approximate surface area is 129 Å². The van der Waals surface area contributed by atoms with Crippen LogP contribution >= 0.6 is 12.4 Å². The number of anilines is 1. The van der Waals surface area contributed by atoms with Crippen molar-refractivity contribution in [3.8, 4) is 11.4 Å². The van der Waals surface area contributed by atoms with Gasteiger partial charge in [0.1, 0.15) is 0 Å². The zero-order chi connectivity index (χ0) is 14.2. The third-order valence-corrected chi connectivity index (χ3v) is 3.44. The molecule has 0 aliphatic heterocycles. The molecule has 2 aromatic rings. The number of aromatic nitrogens is 2. The molecule has 6 heteroatoms. The summed E-state index contributed by atoms with van der Waals surface area (Å²) in [5.74, 6) is 0.567. The van der Waals surface area contributed by atoms with E-state index in [2.05, 4.69) is 15.3 Å². The van der Waals surface area contributed by atoms with E-state index in [-0.39, 0.29) is 18.3 Å². The largest absolute Gasteiger partial charge is 0.324 e. The highest BCUT2D eigenvalue weighted by atomic mass is 35.5. The molecule has 0 unspecified atom stereocenters. The summed E-state index contributed by atoms with van der Waals surface area (Å²) in [7, 11) is 0. The number of nitrogens with two attached hydrogens (primary N) is 1. The van der Waals surface area contributed by atoms with Gasteiger partial charge >= 0.3 is 0 Å². The third-order valence-electron chi connectivity index (χ3n) is 3.44. The molecule has 1 aliphatic rings. The first-order valence-corrected chi connectivity index (χ1v) is 6.57. The monoisotopic (exact) mass is 304 g/mol. The number of benzene rings is 1. The van der Waals surface area contributed by atoms with Crippen molar-refractivity contribution in [1.82, 2.24) is 9.97 Å². The van der Waals surface area contributed by atoms with Crippen molar-refractivity contribution >= 4 is 24.0 Å². The molecule has 0 bridgehead atoms. The molecular formula is C15H17ClN4O. The fraction of sp³-hybridized carbons (Fsp3) is 0.267. The van der Waals surface area contributed by atoms with Crippen LogP contribution in [0.5, 0.6) is 0 Å². The molecule has 0 radical (unpaired) electrons. The number of carbonyl (C=O) groups excluding carboxylic acids is 1. The van der Waals surface area contributed by atoms with Crippen LogP contribution in [0.4, 0.5) is 5.69 Å². The van der Waals surface area contributed by atoms with E-state index in [1.165, 1.54) is 0 Å². The minimum Gasteiger partial charge on any atom is -0.324 e. The maximum absolute atomic E-state index is 11.8. The standard InChI is InChI=1S/C15H16N4O.ClH/c1-10-6-9-17-13(18-10)11-2-4-12(5-3-11)19-14(20)15(16)7-8-15;/h2-6,9H,7-8,16H2,1H3,(H,19,20);1H. The predicted octanol–water partition coefficient (Wildman–Crippen LogP) is 2.30. The topological polar surface area (TPSA) is 80.9 Å². The molecule has 1 amide bonds. The van der Waals surface area contributed by atoms with E-state index < -0.39 is 5.54 Å². The van der Waals surface area contributed by atoms with Crippen LogP contribution in [-0.4, -0.2) is 21.4 Å². The summed E-state index contributed by atoms with van der Waals surface area (Å²) in [4.78, 5) is 20.4. The fourth-order valence-electron chi connectivity index (χ4n) is 1.91. The van der Waals surface area contributed by atoms with Crippen molar-refractivity contribution in [2.45, 2.75) is 25.3 Å². The molecule has 3 rings (SSSR count). The molecule has 5 nitrogen and oxygen atoms in total. The summed E-state index contributed by atoms with van der Waals surface area (Å²) < 4.78 is 0. The number of aryl methyl sites for hydroxylation is 1. The van der Waals surface area contributed by atoms with E-state index in [4.69, 9.17) is 5.73 Å². The van der Waals surface area contributed by atoms with Crippen molar-refractivity contribution in [3.63, 3.8) is 0 Å². The first-order chi connectivity index (χ1) is 9.57. The summed E-state index contributed by atoms with van der Waals surface area (Å²) in [5.41, 5.74) is 7.77. The molecule has 110 valence electrons. The van der Waals surface area contributed by atoms with E-state index in [1.807, 2.05) is 37.3 Å². The van der Waals surface area contributed by atoms with E-state index in [9.17, 15) is 4.79 Å². The lowest BCUT2D eigenvalue weighted by molar-refractivity contribution is -0.118. The Bertz CT molecular complexity index is 653. The second-order valence-electron chi connectivity index (χ2n) is 5.21. The van der Waals surface area contributed by atoms with Gasteiger partial charge in [-0.1, -0.05) is 0 Å². The Kier molecular flexibility index (Phi) is 4.25. The maximum Gasteiger partial charge on any atom is 0.244 e. The minimum atomic E-state index is -0.654. The van der Waals surface area contributed by atoms with Crippen LogP contribution in [-0.2, 0) is 4.79 Å². The predicted molar refractivity (Wildman–Crippen MR) is 84.2 cm³/mol. The van der Waals surface area contributed by atoms with E-state index in [1.54, 1.807) is 6.20 Å². The molecule has 1 aliphatic carbocycles. The van der Waals surface area contributed by atoms with Crippen LogP contribution in [0.15, 0.2) is 36.5 Å². The van der Waals surface area contributed by atoms with Gasteiger partial charge in [-0.2, -0.15) is 0 Å². The molecule has 1 aromatic heterocycles. The van der Waals surface area contributed by atoms with Gasteiger partial charge in [-0.3, -0.25) is 4.79 Å². The number of nitrogens with zero attached hydrogens (tertiary/aromatic N) is 2. The Morgan fingerprint density at radius 3 is 2.48 bits per heavy atom. The Morgan fingerprint density at radius 1 is 1.24 bits per heavy atom. The normalized spacial score (nSPS) is 15.0. The molecular weight excluding hydrogens is 288 g/mol. The Hall–Kier alpha value is -1.98. The molecule has 1 saturated carbocycles. The molecule has 0 saturated heterocycles. The number of nitrogens with one attached hydrogen (secondary N) is 1. The van der Waals surface area contributed by atoms with Crippen LogP contribution in [0, 0.1) is 6.92 Å². The van der Waals surface area contributed by atoms with Gasteiger partial charge in [0.05, 0.1) is 5.54 Å². The van der Waals surface area contributed by atoms with Crippen LogP contribution in [0.2, 0.25) is 0 Å². The molecule has 1 heterocycles. The minimum absolute atomic E-state index is 0. The number of hydrogen-bond donors (Lipinski definition) is 2. The second-order valence-corrected chi connectivity index (χ2v) is 5.21. The first-order valence-electron chi connectivity index (χ1n) is 6.57. The highest BCUT2D eigenvalue weighted by Gasteiger charge is 2.45. The lowest BCUT2D eigenvalue weighted by Crippen LogP contribution is -2.37. The van der Waals surface area contributed by atoms with Gasteiger partial charge in [0, 0.05) is 23.1 Å². The van der Waals surface area contributed by atoms with Crippen LogP contribution in [0.3, 0.4) is 0 Å². The summed E-state index contributed by atoms with van der Waals surface area (Å²) in [6, 6.07) is 9.31. The zero-order valence-electron chi connectivity index (χ0n) is 11.7. The SMILES string of the molecule is Cc1ccnc(-c2ccc(NC(=O)C3(N)CC3)cc2)n1.Cl. The fourth-order valence-corrected chi connectivity index (χ4v) is 1.91. The lowest BCUT2D eigenvalue weighted by Gasteiger charge is -2.10. The van der Waals surface area contributed by atoms with Gasteiger partial charge in [0.15, 0.2) is 5.82 Å². The summed E-state index contributed by atoms with van der Waals surface area (Å²) >= 11 is 0. The number of hydrogen-bond acceptors (Lipinski definition) is 4. The van der Waals surface area contributed by atoms with E-state index in [0.29, 0.717) is 5.82 Å². The van der Waals surface area contributed by atoms with Gasteiger partial charge in [-0.25, -0.2) is 9.97 Å². The maximum atomic E-state index is 11.8. The highest BCUT2D eigenvalue weighted by Crippen LogP contribution is 2.33. The lowest BCUT2D eigenvalue weighted by atomic mass is 10.2. The van der Waals surface area contributed by atoms with E-state index in [0.717, 1.165) is 29.8 Å². The summed E-state index contributed by atoms with van der Waals surface area (Å²) in [6.07, 6.45) is 3.25. The third kappa shape index (κ3) is 3.37. The average Bonchev–Trinajstić information content (AvgIpc) is 3.19. The summed E-state index contributed by atoms with van der Waals surface area (Å²) in [5, 5.41) is 2.83. The molecule has 0 atom stereocenters. The Morgan fingerprint density at radius 2 is 1.90 bits per heavy atom. The van der Waals surface area contributed by atoms with Gasteiger partial charge < -0.3 is 11.1 Å². The van der Waals surface area contributed by atoms with Crippen LogP contribution in [0.1, 0.15) is 18.5 Å². The quantitative estimate of drug-likeness (QED) is 0.911. The van der Waals surface area contributed by atoms with Gasteiger partial charge in [0.2, 0.25) is 5.91 Å². The Balaban J connectivity index is 0.00000161. The molecule has 1 fully saturated rings. The molecule has 3 N–H and O–H groups in total. The molecule has 21 heavy (non-hydrogen) atoms.